The van der Waals surface area contributed by atoms with E-state index < -0.39 is 6.10 Å². The number of rotatable bonds is 6. The van der Waals surface area contributed by atoms with Crippen molar-refractivity contribution >= 4 is 17.7 Å². The summed E-state index contributed by atoms with van der Waals surface area (Å²) in [7, 11) is 1.87. The zero-order valence-electron chi connectivity index (χ0n) is 18.0. The Morgan fingerprint density at radius 2 is 2.19 bits per heavy atom. The second kappa shape index (κ2) is 9.23. The van der Waals surface area contributed by atoms with Gasteiger partial charge in [0.15, 0.2) is 0 Å². The summed E-state index contributed by atoms with van der Waals surface area (Å²) in [6.07, 6.45) is 6.22. The first-order valence-electron chi connectivity index (χ1n) is 10.4. The fourth-order valence-corrected chi connectivity index (χ4v) is 5.15. The molecular weight excluding hydrogens is 414 g/mol. The summed E-state index contributed by atoms with van der Waals surface area (Å²) in [6.45, 7) is 4.97. The van der Waals surface area contributed by atoms with Crippen molar-refractivity contribution in [1.82, 2.24) is 24.6 Å². The van der Waals surface area contributed by atoms with Gasteiger partial charge in [-0.1, -0.05) is 5.16 Å². The molecular formula is C22H27N5O3S. The van der Waals surface area contributed by atoms with Gasteiger partial charge in [0.2, 0.25) is 0 Å². The Morgan fingerprint density at radius 3 is 2.90 bits per heavy atom. The molecule has 1 fully saturated rings. The molecule has 1 aliphatic heterocycles. The smallest absolute Gasteiger partial charge is 0.256 e. The summed E-state index contributed by atoms with van der Waals surface area (Å²) in [5.41, 5.74) is 2.48. The maximum Gasteiger partial charge on any atom is 0.256 e. The molecule has 4 heterocycles. The van der Waals surface area contributed by atoms with E-state index in [2.05, 4.69) is 15.1 Å². The third kappa shape index (κ3) is 4.52. The van der Waals surface area contributed by atoms with Crippen molar-refractivity contribution in [2.75, 3.05) is 13.1 Å². The monoisotopic (exact) mass is 441 g/mol. The molecule has 0 saturated carbocycles. The number of hydrogen-bond acceptors (Lipinski definition) is 7. The van der Waals surface area contributed by atoms with Crippen molar-refractivity contribution in [3.63, 3.8) is 0 Å². The normalized spacial score (nSPS) is 17.7. The van der Waals surface area contributed by atoms with Crippen LogP contribution in [0.1, 0.15) is 52.1 Å². The van der Waals surface area contributed by atoms with E-state index in [1.807, 2.05) is 42.6 Å². The lowest BCUT2D eigenvalue weighted by Crippen LogP contribution is -2.42. The summed E-state index contributed by atoms with van der Waals surface area (Å²) in [4.78, 5) is 23.9. The van der Waals surface area contributed by atoms with Crippen LogP contribution >= 0.6 is 11.8 Å². The standard InChI is InChI=1S/C22H27N5O3S/c1-14-18(15(2)30-25-14)13-31-21-17(7-4-8-24-21)22(29)27-10-5-6-16(12-27)19(28)20-23-9-11-26(20)3/h4,7-9,11,16,19,28H,5-6,10,12-13H2,1-3H3/t16-,19+/m0/s1. The molecule has 8 nitrogen and oxygen atoms in total. The number of thioether (sulfide) groups is 1. The molecule has 0 unspecified atom stereocenters. The van der Waals surface area contributed by atoms with Crippen molar-refractivity contribution in [2.24, 2.45) is 13.0 Å². The van der Waals surface area contributed by atoms with E-state index in [-0.39, 0.29) is 11.8 Å². The maximum absolute atomic E-state index is 13.4. The molecule has 0 radical (unpaired) electrons. The van der Waals surface area contributed by atoms with Crippen molar-refractivity contribution in [3.05, 3.63) is 59.1 Å². The van der Waals surface area contributed by atoms with Crippen LogP contribution in [0, 0.1) is 19.8 Å². The second-order valence-corrected chi connectivity index (χ2v) is 8.91. The minimum Gasteiger partial charge on any atom is -0.385 e. The Bertz CT molecular complexity index is 1040. The Labute approximate surface area is 185 Å². The van der Waals surface area contributed by atoms with Gasteiger partial charge in [-0.25, -0.2) is 9.97 Å². The average molecular weight is 442 g/mol. The van der Waals surface area contributed by atoms with Crippen molar-refractivity contribution in [1.29, 1.82) is 0 Å². The van der Waals surface area contributed by atoms with Gasteiger partial charge in [0, 0.05) is 56.0 Å². The fraction of sp³-hybridized carbons (Fsp3) is 0.455. The van der Waals surface area contributed by atoms with Crippen LogP contribution < -0.4 is 0 Å². The van der Waals surface area contributed by atoms with Gasteiger partial charge in [0.25, 0.3) is 5.91 Å². The highest BCUT2D eigenvalue weighted by atomic mass is 32.2. The molecule has 0 aromatic carbocycles. The summed E-state index contributed by atoms with van der Waals surface area (Å²) < 4.78 is 7.07. The van der Waals surface area contributed by atoms with Crippen molar-refractivity contribution in [3.8, 4) is 0 Å². The first kappa shape index (κ1) is 21.6. The number of amides is 1. The van der Waals surface area contributed by atoms with Gasteiger partial charge < -0.3 is 19.1 Å². The topological polar surface area (TPSA) is 97.3 Å². The highest BCUT2D eigenvalue weighted by Gasteiger charge is 2.32. The van der Waals surface area contributed by atoms with Crippen LogP contribution in [-0.4, -0.2) is 48.7 Å². The zero-order chi connectivity index (χ0) is 22.0. The summed E-state index contributed by atoms with van der Waals surface area (Å²) in [5, 5.41) is 15.5. The Morgan fingerprint density at radius 1 is 1.35 bits per heavy atom. The van der Waals surface area contributed by atoms with E-state index in [0.717, 1.165) is 29.9 Å². The molecule has 9 heteroatoms. The lowest BCUT2D eigenvalue weighted by atomic mass is 9.91. The summed E-state index contributed by atoms with van der Waals surface area (Å²) in [5.74, 6) is 1.96. The molecule has 2 atom stereocenters. The molecule has 164 valence electrons. The van der Waals surface area contributed by atoms with Gasteiger partial charge in [-0.2, -0.15) is 0 Å². The SMILES string of the molecule is Cc1noc(C)c1CSc1ncccc1C(=O)N1CCC[C@H]([C@@H](O)c2nccn2C)C1. The van der Waals surface area contributed by atoms with Crippen LogP contribution in [0.3, 0.4) is 0 Å². The average Bonchev–Trinajstić information content (AvgIpc) is 3.36. The maximum atomic E-state index is 13.4. The highest BCUT2D eigenvalue weighted by Crippen LogP contribution is 2.32. The molecule has 4 rings (SSSR count). The number of aromatic nitrogens is 4. The molecule has 0 spiro atoms. The Kier molecular flexibility index (Phi) is 6.43. The highest BCUT2D eigenvalue weighted by molar-refractivity contribution is 7.98. The van der Waals surface area contributed by atoms with E-state index in [1.54, 1.807) is 18.5 Å². The summed E-state index contributed by atoms with van der Waals surface area (Å²) >= 11 is 1.51. The van der Waals surface area contributed by atoms with Gasteiger partial charge in [-0.05, 0) is 38.8 Å². The molecule has 0 aliphatic carbocycles. The van der Waals surface area contributed by atoms with Crippen LogP contribution in [0.25, 0.3) is 0 Å². The fourth-order valence-electron chi connectivity index (χ4n) is 4.01. The predicted molar refractivity (Wildman–Crippen MR) is 117 cm³/mol. The van der Waals surface area contributed by atoms with Gasteiger partial charge in [0.1, 0.15) is 22.7 Å². The Hall–Kier alpha value is -2.65. The number of aliphatic hydroxyl groups is 1. The molecule has 1 N–H and O–H groups in total. The zero-order valence-corrected chi connectivity index (χ0v) is 18.8. The Balaban J connectivity index is 1.48. The number of imidazole rings is 1. The van der Waals surface area contributed by atoms with Gasteiger partial charge in [0.05, 0.1) is 11.3 Å². The summed E-state index contributed by atoms with van der Waals surface area (Å²) in [6, 6.07) is 3.61. The molecule has 3 aromatic heterocycles. The van der Waals surface area contributed by atoms with Crippen LogP contribution in [0.5, 0.6) is 0 Å². The molecule has 0 bridgehead atoms. The molecule has 3 aromatic rings. The molecule has 1 amide bonds. The van der Waals surface area contributed by atoms with Gasteiger partial charge >= 0.3 is 0 Å². The lowest BCUT2D eigenvalue weighted by Gasteiger charge is -2.35. The number of carbonyl (C=O) groups is 1. The first-order chi connectivity index (χ1) is 15.0. The number of carbonyl (C=O) groups excluding carboxylic acids is 1. The van der Waals surface area contributed by atoms with Crippen molar-refractivity contribution in [2.45, 2.75) is 43.6 Å². The quantitative estimate of drug-likeness (QED) is 0.586. The number of nitrogens with zero attached hydrogens (tertiary/aromatic N) is 5. The van der Waals surface area contributed by atoms with E-state index in [9.17, 15) is 9.90 Å². The number of pyridine rings is 1. The van der Waals surface area contributed by atoms with E-state index in [1.165, 1.54) is 11.8 Å². The lowest BCUT2D eigenvalue weighted by molar-refractivity contribution is 0.0356. The van der Waals surface area contributed by atoms with E-state index in [0.29, 0.717) is 35.3 Å². The van der Waals surface area contributed by atoms with E-state index >= 15 is 0 Å². The third-order valence-corrected chi connectivity index (χ3v) is 6.88. The predicted octanol–water partition coefficient (Wildman–Crippen LogP) is 3.30. The van der Waals surface area contributed by atoms with Gasteiger partial charge in [-0.3, -0.25) is 4.79 Å². The van der Waals surface area contributed by atoms with Crippen LogP contribution in [0.2, 0.25) is 0 Å². The largest absolute Gasteiger partial charge is 0.385 e. The number of hydrogen-bond donors (Lipinski definition) is 1. The molecule has 1 saturated heterocycles. The number of piperidine rings is 1. The molecule has 31 heavy (non-hydrogen) atoms. The van der Waals surface area contributed by atoms with Crippen molar-refractivity contribution < 1.29 is 14.4 Å². The van der Waals surface area contributed by atoms with E-state index in [4.69, 9.17) is 4.52 Å². The number of aryl methyl sites for hydroxylation is 3. The molecule has 1 aliphatic rings. The number of likely N-dealkylation sites (tertiary alicyclic amines) is 1. The second-order valence-electron chi connectivity index (χ2n) is 7.94. The first-order valence-corrected chi connectivity index (χ1v) is 11.4. The van der Waals surface area contributed by atoms with Crippen LogP contribution in [-0.2, 0) is 12.8 Å². The minimum atomic E-state index is -0.696. The third-order valence-electron chi connectivity index (χ3n) is 5.85. The minimum absolute atomic E-state index is 0.0473. The van der Waals surface area contributed by atoms with Gasteiger partial charge in [-0.15, -0.1) is 11.8 Å². The van der Waals surface area contributed by atoms with Crippen LogP contribution in [0.4, 0.5) is 0 Å². The van der Waals surface area contributed by atoms with Crippen LogP contribution in [0.15, 0.2) is 40.3 Å². The number of aliphatic hydroxyl groups excluding tert-OH is 1.